The summed E-state index contributed by atoms with van der Waals surface area (Å²) in [5, 5.41) is 31.8. The van der Waals surface area contributed by atoms with Gasteiger partial charge in [0.05, 0.1) is 29.6 Å². The summed E-state index contributed by atoms with van der Waals surface area (Å²) in [6, 6.07) is 0. The molecule has 4 rings (SSSR count). The van der Waals surface area contributed by atoms with Crippen molar-refractivity contribution < 1.29 is 29.6 Å². The Labute approximate surface area is 166 Å². The van der Waals surface area contributed by atoms with Crippen molar-refractivity contribution in [3.8, 4) is 0 Å². The lowest BCUT2D eigenvalue weighted by Crippen LogP contribution is -2.66. The van der Waals surface area contributed by atoms with Gasteiger partial charge in [0.2, 0.25) is 0 Å². The molecule has 0 aliphatic heterocycles. The number of allylic oxidation sites excluding steroid dienone is 2. The van der Waals surface area contributed by atoms with E-state index in [9.17, 15) is 24.9 Å². The number of aliphatic carboxylic acids is 1. The van der Waals surface area contributed by atoms with E-state index in [4.69, 9.17) is 4.74 Å². The van der Waals surface area contributed by atoms with E-state index in [0.717, 1.165) is 6.42 Å². The van der Waals surface area contributed by atoms with Gasteiger partial charge in [-0.3, -0.25) is 9.59 Å². The van der Waals surface area contributed by atoms with Crippen LogP contribution in [0.15, 0.2) is 11.6 Å². The minimum Gasteiger partial charge on any atom is -0.481 e. The maximum Gasteiger partial charge on any atom is 0.312 e. The smallest absolute Gasteiger partial charge is 0.312 e. The molecule has 0 aromatic carbocycles. The maximum atomic E-state index is 12.6. The van der Waals surface area contributed by atoms with Crippen molar-refractivity contribution in [3.05, 3.63) is 11.6 Å². The number of ether oxygens (including phenoxy) is 1. The molecule has 156 valence electrons. The average Bonchev–Trinajstić information content (AvgIpc) is 2.98. The van der Waals surface area contributed by atoms with Gasteiger partial charge in [-0.1, -0.05) is 18.6 Å². The van der Waals surface area contributed by atoms with Crippen LogP contribution < -0.4 is 0 Å². The predicted octanol–water partition coefficient (Wildman–Crippen LogP) is 2.67. The van der Waals surface area contributed by atoms with Crippen molar-refractivity contribution in [2.45, 2.75) is 76.9 Å². The number of aliphatic hydroxyl groups excluding tert-OH is 1. The summed E-state index contributed by atoms with van der Waals surface area (Å²) in [5.74, 6) is -1.36. The first-order valence-corrected chi connectivity index (χ1v) is 10.7. The third kappa shape index (κ3) is 2.46. The molecule has 0 saturated heterocycles. The Hall–Kier alpha value is -1.40. The van der Waals surface area contributed by atoms with Crippen LogP contribution in [0.2, 0.25) is 0 Å². The Balaban J connectivity index is 1.69. The van der Waals surface area contributed by atoms with Gasteiger partial charge in [0.1, 0.15) is 0 Å². The number of carbonyl (C=O) groups is 2. The number of hydrogen-bond acceptors (Lipinski definition) is 5. The molecule has 3 N–H and O–H groups in total. The number of fused-ring (bicyclic) bond motifs is 5. The highest BCUT2D eigenvalue weighted by Crippen LogP contribution is 2.67. The van der Waals surface area contributed by atoms with Gasteiger partial charge in [0, 0.05) is 11.8 Å². The van der Waals surface area contributed by atoms with E-state index in [1.807, 2.05) is 6.92 Å². The normalized spacial score (nSPS) is 47.4. The van der Waals surface area contributed by atoms with E-state index in [1.54, 1.807) is 0 Å². The van der Waals surface area contributed by atoms with Crippen LogP contribution >= 0.6 is 0 Å². The number of esters is 1. The van der Waals surface area contributed by atoms with Gasteiger partial charge in [-0.25, -0.2) is 0 Å². The molecule has 28 heavy (non-hydrogen) atoms. The molecule has 4 aliphatic rings. The first-order valence-electron chi connectivity index (χ1n) is 10.7. The molecule has 0 bridgehead atoms. The maximum absolute atomic E-state index is 12.6. The summed E-state index contributed by atoms with van der Waals surface area (Å²) in [4.78, 5) is 25.1. The van der Waals surface area contributed by atoms with Crippen LogP contribution in [0.25, 0.3) is 0 Å². The van der Waals surface area contributed by atoms with Gasteiger partial charge in [-0.15, -0.1) is 0 Å². The molecule has 0 amide bonds. The Morgan fingerprint density at radius 3 is 2.64 bits per heavy atom. The fourth-order valence-electron chi connectivity index (χ4n) is 7.27. The zero-order valence-corrected chi connectivity index (χ0v) is 16.8. The fourth-order valence-corrected chi connectivity index (χ4v) is 7.27. The molecule has 3 saturated carbocycles. The van der Waals surface area contributed by atoms with Gasteiger partial charge >= 0.3 is 11.9 Å². The molecule has 0 aromatic heterocycles. The monoisotopic (exact) mass is 392 g/mol. The molecule has 0 spiro atoms. The van der Waals surface area contributed by atoms with Crippen LogP contribution in [0, 0.1) is 28.6 Å². The third-order valence-corrected chi connectivity index (χ3v) is 8.59. The average molecular weight is 392 g/mol. The lowest BCUT2D eigenvalue weighted by atomic mass is 9.43. The molecule has 7 atom stereocenters. The minimum atomic E-state index is -1.36. The Morgan fingerprint density at radius 1 is 1.21 bits per heavy atom. The van der Waals surface area contributed by atoms with Crippen molar-refractivity contribution in [2.75, 3.05) is 6.61 Å². The number of carbonyl (C=O) groups excluding carboxylic acids is 1. The summed E-state index contributed by atoms with van der Waals surface area (Å²) in [6.45, 7) is 4.31. The zero-order valence-electron chi connectivity index (χ0n) is 16.8. The lowest BCUT2D eigenvalue weighted by Gasteiger charge is -2.61. The number of aliphatic hydroxyl groups is 2. The standard InChI is InChI=1S/C22H32O6/c1-3-28-18(24)17-5-4-15-14-7-10-21(27)12-13(23)6-11-22(21,19(25)26)16(14)8-9-20(15,17)2/h4,13-14,16-17,23,27H,3,5-12H2,1-2H3,(H,25,26). The van der Waals surface area contributed by atoms with Crippen LogP contribution in [0.1, 0.15) is 65.2 Å². The molecule has 4 aliphatic carbocycles. The second kappa shape index (κ2) is 6.56. The minimum absolute atomic E-state index is 0.0739. The Kier molecular flexibility index (Phi) is 4.66. The largest absolute Gasteiger partial charge is 0.481 e. The highest BCUT2D eigenvalue weighted by molar-refractivity contribution is 5.78. The number of carboxylic acids is 1. The van der Waals surface area contributed by atoms with Crippen LogP contribution in [0.3, 0.4) is 0 Å². The van der Waals surface area contributed by atoms with E-state index in [0.29, 0.717) is 45.1 Å². The summed E-state index contributed by atoms with van der Waals surface area (Å²) >= 11 is 0. The topological polar surface area (TPSA) is 104 Å². The van der Waals surface area contributed by atoms with E-state index in [1.165, 1.54) is 5.57 Å². The van der Waals surface area contributed by atoms with E-state index in [-0.39, 0.29) is 35.6 Å². The van der Waals surface area contributed by atoms with Gasteiger partial charge in [-0.2, -0.15) is 0 Å². The van der Waals surface area contributed by atoms with Crippen LogP contribution in [-0.4, -0.2) is 45.6 Å². The Morgan fingerprint density at radius 2 is 1.96 bits per heavy atom. The van der Waals surface area contributed by atoms with Gasteiger partial charge in [0.25, 0.3) is 0 Å². The van der Waals surface area contributed by atoms with Crippen molar-refractivity contribution in [3.63, 3.8) is 0 Å². The molecule has 0 radical (unpaired) electrons. The molecule has 0 aromatic rings. The van der Waals surface area contributed by atoms with Crippen molar-refractivity contribution in [2.24, 2.45) is 28.6 Å². The van der Waals surface area contributed by atoms with E-state index in [2.05, 4.69) is 13.0 Å². The molecule has 0 heterocycles. The van der Waals surface area contributed by atoms with Crippen LogP contribution in [0.4, 0.5) is 0 Å². The summed E-state index contributed by atoms with van der Waals surface area (Å²) in [5.41, 5.74) is -1.64. The molecule has 6 heteroatoms. The summed E-state index contributed by atoms with van der Waals surface area (Å²) in [7, 11) is 0. The van der Waals surface area contributed by atoms with Gasteiger partial charge in [-0.05, 0) is 63.7 Å². The SMILES string of the molecule is CCOC(=O)C1CC=C2C3CCC4(O)CC(O)CCC4(C(=O)O)C3CCC21C. The molecular weight excluding hydrogens is 360 g/mol. The second-order valence-corrected chi connectivity index (χ2v) is 9.61. The number of rotatable bonds is 3. The van der Waals surface area contributed by atoms with Crippen molar-refractivity contribution in [1.82, 2.24) is 0 Å². The van der Waals surface area contributed by atoms with Crippen LogP contribution in [-0.2, 0) is 14.3 Å². The quantitative estimate of drug-likeness (QED) is 0.504. The lowest BCUT2D eigenvalue weighted by molar-refractivity contribution is -0.223. The van der Waals surface area contributed by atoms with Crippen LogP contribution in [0.5, 0.6) is 0 Å². The highest BCUT2D eigenvalue weighted by atomic mass is 16.5. The fraction of sp³-hybridized carbons (Fsp3) is 0.818. The van der Waals surface area contributed by atoms with Crippen molar-refractivity contribution >= 4 is 11.9 Å². The number of carboxylic acid groups (broad SMARTS) is 1. The summed E-state index contributed by atoms with van der Waals surface area (Å²) < 4.78 is 5.31. The Bertz CT molecular complexity index is 716. The molecule has 7 unspecified atom stereocenters. The third-order valence-electron chi connectivity index (χ3n) is 8.59. The van der Waals surface area contributed by atoms with E-state index < -0.39 is 23.1 Å². The van der Waals surface area contributed by atoms with E-state index >= 15 is 0 Å². The van der Waals surface area contributed by atoms with Gasteiger partial charge in [0.15, 0.2) is 0 Å². The summed E-state index contributed by atoms with van der Waals surface area (Å²) in [6.07, 6.45) is 5.54. The van der Waals surface area contributed by atoms with Crippen molar-refractivity contribution in [1.29, 1.82) is 0 Å². The van der Waals surface area contributed by atoms with Gasteiger partial charge < -0.3 is 20.1 Å². The molecule has 6 nitrogen and oxygen atoms in total. The number of hydrogen-bond donors (Lipinski definition) is 3. The predicted molar refractivity (Wildman–Crippen MR) is 101 cm³/mol. The molecular formula is C22H32O6. The first kappa shape index (κ1) is 19.9. The zero-order chi connectivity index (χ0) is 20.3. The highest BCUT2D eigenvalue weighted by Gasteiger charge is 2.68. The molecule has 3 fully saturated rings. The first-order chi connectivity index (χ1) is 13.2. The second-order valence-electron chi connectivity index (χ2n) is 9.61.